The maximum atomic E-state index is 13.5. The summed E-state index contributed by atoms with van der Waals surface area (Å²) in [6, 6.07) is 4.78. The largest absolute Gasteiger partial charge is 0.480 e. The first kappa shape index (κ1) is 31.2. The molecule has 3 atom stereocenters. The van der Waals surface area contributed by atoms with E-state index in [1.54, 1.807) is 19.1 Å². The van der Waals surface area contributed by atoms with Gasteiger partial charge in [0.05, 0.1) is 19.3 Å². The van der Waals surface area contributed by atoms with Crippen LogP contribution in [0.25, 0.3) is 0 Å². The van der Waals surface area contributed by atoms with Crippen molar-refractivity contribution in [2.45, 2.75) is 70.6 Å². The molecule has 2 rings (SSSR count). The fourth-order valence-corrected chi connectivity index (χ4v) is 4.30. The lowest BCUT2D eigenvalue weighted by molar-refractivity contribution is -0.757. The van der Waals surface area contributed by atoms with E-state index in [2.05, 4.69) is 16.7 Å². The van der Waals surface area contributed by atoms with Gasteiger partial charge in [-0.05, 0) is 50.7 Å². The van der Waals surface area contributed by atoms with Crippen molar-refractivity contribution in [3.8, 4) is 0 Å². The molecule has 11 nitrogen and oxygen atoms in total. The molecule has 1 amide bonds. The Bertz CT molecular complexity index is 1080. The second-order valence-corrected chi connectivity index (χ2v) is 9.16. The number of carbonyl (C=O) groups excluding carboxylic acids is 2. The van der Waals surface area contributed by atoms with Crippen LogP contribution in [0.4, 0.5) is 0 Å². The minimum atomic E-state index is -1.07. The number of carbonyl (C=O) groups is 3. The summed E-state index contributed by atoms with van der Waals surface area (Å²) in [7, 11) is 0. The lowest BCUT2D eigenvalue weighted by Crippen LogP contribution is -2.56. The Morgan fingerprint density at radius 2 is 1.95 bits per heavy atom. The number of carboxylic acids is 1. The maximum absolute atomic E-state index is 13.5. The quantitative estimate of drug-likeness (QED) is 0.105. The molecule has 0 fully saturated rings. The molecular weight excluding hydrogens is 506 g/mol. The van der Waals surface area contributed by atoms with Crippen LogP contribution < -0.4 is 5.32 Å². The molecule has 3 unspecified atom stereocenters. The van der Waals surface area contributed by atoms with Crippen LogP contribution in [0.2, 0.25) is 0 Å². The normalized spacial score (nSPS) is 16.7. The van der Waals surface area contributed by atoms with Crippen molar-refractivity contribution in [1.29, 1.82) is 0 Å². The molecule has 11 heteroatoms. The molecule has 0 bridgehead atoms. The fraction of sp³-hybridized carbons (Fsp3) is 0.464. The van der Waals surface area contributed by atoms with E-state index in [0.29, 0.717) is 19.3 Å². The number of hydrogen-bond acceptors (Lipinski definition) is 8. The van der Waals surface area contributed by atoms with E-state index >= 15 is 0 Å². The Morgan fingerprint density at radius 1 is 1.26 bits per heavy atom. The van der Waals surface area contributed by atoms with Crippen molar-refractivity contribution in [3.63, 3.8) is 0 Å². The maximum Gasteiger partial charge on any atom is 0.329 e. The molecule has 1 aromatic rings. The number of hydrogen-bond donors (Lipinski definition) is 2. The smallest absolute Gasteiger partial charge is 0.329 e. The summed E-state index contributed by atoms with van der Waals surface area (Å²) in [6.45, 7) is 7.21. The van der Waals surface area contributed by atoms with Crippen LogP contribution in [0.5, 0.6) is 0 Å². The van der Waals surface area contributed by atoms with E-state index in [0.717, 1.165) is 16.7 Å². The standard InChI is InChI=1S/C28H37N3O8/c1-4-6-11-21(5-2)14-15-24(27(33)34)29-20(3)26(32)30-19-23-13-8-7-12-22(23)18-25(30)28(35)38-16-9-10-17-39-31(36)37/h4-8,11-13,20,24-25,29H,1,9-10,14-19H2,2-3H3,(H,33,34)/b11-6-,21-5+. The van der Waals surface area contributed by atoms with E-state index < -0.39 is 41.1 Å². The molecule has 0 saturated carbocycles. The van der Waals surface area contributed by atoms with E-state index in [1.807, 2.05) is 43.3 Å². The van der Waals surface area contributed by atoms with Crippen molar-refractivity contribution >= 4 is 17.8 Å². The molecule has 1 aliphatic heterocycles. The van der Waals surface area contributed by atoms with Gasteiger partial charge in [0, 0.05) is 13.0 Å². The average molecular weight is 544 g/mol. The number of aliphatic carboxylic acids is 1. The van der Waals surface area contributed by atoms with Crippen LogP contribution in [0.15, 0.2) is 60.7 Å². The first-order valence-electron chi connectivity index (χ1n) is 12.9. The van der Waals surface area contributed by atoms with Crippen LogP contribution in [0.3, 0.4) is 0 Å². The van der Waals surface area contributed by atoms with Gasteiger partial charge in [-0.25, -0.2) is 4.79 Å². The zero-order chi connectivity index (χ0) is 28.8. The summed E-state index contributed by atoms with van der Waals surface area (Å²) in [5.41, 5.74) is 2.78. The van der Waals surface area contributed by atoms with Gasteiger partial charge in [-0.3, -0.25) is 14.9 Å². The molecule has 0 saturated heterocycles. The van der Waals surface area contributed by atoms with Crippen LogP contribution in [0, 0.1) is 10.1 Å². The van der Waals surface area contributed by atoms with Crippen molar-refractivity contribution in [1.82, 2.24) is 10.2 Å². The Hall–Kier alpha value is -3.99. The van der Waals surface area contributed by atoms with E-state index in [9.17, 15) is 29.6 Å². The highest BCUT2D eigenvalue weighted by atomic mass is 16.9. The Kier molecular flexibility index (Phi) is 12.9. The lowest BCUT2D eigenvalue weighted by Gasteiger charge is -2.37. The summed E-state index contributed by atoms with van der Waals surface area (Å²) >= 11 is 0. The monoisotopic (exact) mass is 543 g/mol. The van der Waals surface area contributed by atoms with Crippen molar-refractivity contribution < 1.29 is 34.2 Å². The second-order valence-electron chi connectivity index (χ2n) is 9.16. The van der Waals surface area contributed by atoms with Crippen LogP contribution in [-0.2, 0) is 36.9 Å². The first-order chi connectivity index (χ1) is 18.7. The summed E-state index contributed by atoms with van der Waals surface area (Å²) in [4.78, 5) is 54.4. The van der Waals surface area contributed by atoms with Crippen molar-refractivity contribution in [3.05, 3.63) is 82.0 Å². The zero-order valence-electron chi connectivity index (χ0n) is 22.4. The van der Waals surface area contributed by atoms with Gasteiger partial charge in [-0.2, -0.15) is 0 Å². The zero-order valence-corrected chi connectivity index (χ0v) is 22.4. The van der Waals surface area contributed by atoms with Gasteiger partial charge in [0.1, 0.15) is 12.1 Å². The number of nitrogens with zero attached hydrogens (tertiary/aromatic N) is 2. The summed E-state index contributed by atoms with van der Waals surface area (Å²) in [6.07, 6.45) is 8.89. The average Bonchev–Trinajstić information content (AvgIpc) is 2.92. The van der Waals surface area contributed by atoms with E-state index in [-0.39, 0.29) is 32.6 Å². The lowest BCUT2D eigenvalue weighted by atomic mass is 9.93. The number of carboxylic acid groups (broad SMARTS) is 1. The number of fused-ring (bicyclic) bond motifs is 1. The van der Waals surface area contributed by atoms with Crippen molar-refractivity contribution in [2.75, 3.05) is 13.2 Å². The molecule has 0 spiro atoms. The summed E-state index contributed by atoms with van der Waals surface area (Å²) in [5, 5.41) is 22.1. The highest BCUT2D eigenvalue weighted by Crippen LogP contribution is 2.25. The molecule has 1 aromatic carbocycles. The Labute approximate surface area is 228 Å². The van der Waals surface area contributed by atoms with Gasteiger partial charge in [0.25, 0.3) is 5.09 Å². The highest BCUT2D eigenvalue weighted by Gasteiger charge is 2.38. The van der Waals surface area contributed by atoms with Gasteiger partial charge >= 0.3 is 11.9 Å². The number of ether oxygens (including phenoxy) is 1. The number of nitrogens with one attached hydrogen (secondary N) is 1. The minimum absolute atomic E-state index is 0.0303. The van der Waals surface area contributed by atoms with Crippen LogP contribution >= 0.6 is 0 Å². The fourth-order valence-electron chi connectivity index (χ4n) is 4.30. The third-order valence-corrected chi connectivity index (χ3v) is 6.44. The number of esters is 1. The third kappa shape index (κ3) is 10.0. The molecule has 0 aliphatic carbocycles. The molecule has 1 heterocycles. The molecular formula is C28H37N3O8. The predicted octanol–water partition coefficient (Wildman–Crippen LogP) is 3.37. The summed E-state index contributed by atoms with van der Waals surface area (Å²) in [5.74, 6) is -2.06. The SMILES string of the molecule is C=C/C=C\C(=C/C)CCC(NC(C)C(=O)N1Cc2ccccc2CC1C(=O)OCCCCO[N+](=O)[O-])C(=O)O. The second kappa shape index (κ2) is 16.1. The van der Waals surface area contributed by atoms with Crippen LogP contribution in [0.1, 0.15) is 50.7 Å². The number of benzene rings is 1. The number of allylic oxidation sites excluding steroid dienone is 5. The number of unbranched alkanes of at least 4 members (excludes halogenated alkanes) is 1. The predicted molar refractivity (Wildman–Crippen MR) is 144 cm³/mol. The van der Waals surface area contributed by atoms with Gasteiger partial charge < -0.3 is 19.6 Å². The van der Waals surface area contributed by atoms with Gasteiger partial charge in [-0.1, -0.05) is 60.7 Å². The molecule has 2 N–H and O–H groups in total. The van der Waals surface area contributed by atoms with Gasteiger partial charge in [0.2, 0.25) is 5.91 Å². The Balaban J connectivity index is 2.09. The third-order valence-electron chi connectivity index (χ3n) is 6.44. The molecule has 0 aromatic heterocycles. The topological polar surface area (TPSA) is 148 Å². The highest BCUT2D eigenvalue weighted by molar-refractivity contribution is 5.88. The molecule has 39 heavy (non-hydrogen) atoms. The van der Waals surface area contributed by atoms with Crippen molar-refractivity contribution in [2.24, 2.45) is 0 Å². The molecule has 0 radical (unpaired) electrons. The van der Waals surface area contributed by atoms with Crippen LogP contribution in [-0.4, -0.2) is 64.3 Å². The Morgan fingerprint density at radius 3 is 2.59 bits per heavy atom. The summed E-state index contributed by atoms with van der Waals surface area (Å²) < 4.78 is 5.40. The van der Waals surface area contributed by atoms with E-state index in [4.69, 9.17) is 4.74 Å². The van der Waals surface area contributed by atoms with Gasteiger partial charge in [-0.15, -0.1) is 10.1 Å². The van der Waals surface area contributed by atoms with Gasteiger partial charge in [0.15, 0.2) is 0 Å². The minimum Gasteiger partial charge on any atom is -0.480 e. The first-order valence-corrected chi connectivity index (χ1v) is 12.9. The molecule has 1 aliphatic rings. The number of amides is 1. The van der Waals surface area contributed by atoms with E-state index in [1.165, 1.54) is 4.90 Å². The number of rotatable bonds is 16. The molecule has 212 valence electrons.